The molecule has 0 spiro atoms. The zero-order valence-corrected chi connectivity index (χ0v) is 14.7. The molecule has 1 fully saturated rings. The molecule has 2 heterocycles. The van der Waals surface area contributed by atoms with Gasteiger partial charge < -0.3 is 5.32 Å². The van der Waals surface area contributed by atoms with Gasteiger partial charge in [0.25, 0.3) is 0 Å². The average molecular weight is 350 g/mol. The molecule has 1 amide bonds. The normalized spacial score (nSPS) is 19.7. The summed E-state index contributed by atoms with van der Waals surface area (Å²) in [6.07, 6.45) is 0.923. The van der Waals surface area contributed by atoms with Gasteiger partial charge in [-0.25, -0.2) is 4.98 Å². The van der Waals surface area contributed by atoms with Crippen molar-refractivity contribution in [3.63, 3.8) is 0 Å². The van der Waals surface area contributed by atoms with Gasteiger partial charge in [-0.05, 0) is 32.4 Å². The van der Waals surface area contributed by atoms with Crippen molar-refractivity contribution in [1.82, 2.24) is 4.98 Å². The summed E-state index contributed by atoms with van der Waals surface area (Å²) in [5.74, 6) is 0.894. The van der Waals surface area contributed by atoms with Gasteiger partial charge in [-0.3, -0.25) is 4.79 Å². The van der Waals surface area contributed by atoms with Crippen LogP contribution in [0.4, 0.5) is 5.13 Å². The van der Waals surface area contributed by atoms with Crippen LogP contribution in [0.2, 0.25) is 0 Å². The molecule has 0 aliphatic heterocycles. The first-order valence-electron chi connectivity index (χ1n) is 6.93. The van der Waals surface area contributed by atoms with Gasteiger partial charge in [0, 0.05) is 21.6 Å². The summed E-state index contributed by atoms with van der Waals surface area (Å²) in [5.41, 5.74) is 0.877. The summed E-state index contributed by atoms with van der Waals surface area (Å²) >= 11 is 4.68. The van der Waals surface area contributed by atoms with Crippen LogP contribution in [0.25, 0.3) is 0 Å². The fourth-order valence-corrected chi connectivity index (χ4v) is 5.18. The van der Waals surface area contributed by atoms with E-state index in [0.717, 1.165) is 16.3 Å². The predicted molar refractivity (Wildman–Crippen MR) is 91.7 cm³/mol. The van der Waals surface area contributed by atoms with Crippen LogP contribution >= 0.6 is 34.4 Å². The minimum atomic E-state index is 0.0571. The lowest BCUT2D eigenvalue weighted by Crippen LogP contribution is -2.14. The Morgan fingerprint density at radius 2 is 2.32 bits per heavy atom. The van der Waals surface area contributed by atoms with Gasteiger partial charge >= 0.3 is 0 Å². The van der Waals surface area contributed by atoms with Crippen LogP contribution in [-0.2, 0) is 4.79 Å². The van der Waals surface area contributed by atoms with Crippen molar-refractivity contribution in [3.05, 3.63) is 27.6 Å². The number of anilines is 1. The lowest BCUT2D eigenvalue weighted by molar-refractivity contribution is -0.117. The first kappa shape index (κ1) is 15.5. The van der Waals surface area contributed by atoms with Crippen LogP contribution in [0.5, 0.6) is 0 Å². The third-order valence-electron chi connectivity index (χ3n) is 3.51. The molecular weight excluding hydrogens is 334 g/mol. The molecule has 3 rings (SSSR count). The van der Waals surface area contributed by atoms with Gasteiger partial charge in [0.1, 0.15) is 0 Å². The summed E-state index contributed by atoms with van der Waals surface area (Å²) in [6, 6.07) is 6.34. The van der Waals surface area contributed by atoms with Gasteiger partial charge in [-0.2, -0.15) is 5.26 Å². The number of nitrogens with one attached hydrogen (secondary N) is 1. The van der Waals surface area contributed by atoms with E-state index in [0.29, 0.717) is 16.8 Å². The fourth-order valence-electron chi connectivity index (χ4n) is 2.32. The molecule has 0 bridgehead atoms. The minimum absolute atomic E-state index is 0.0571. The van der Waals surface area contributed by atoms with Crippen LogP contribution in [0.15, 0.2) is 16.3 Å². The largest absolute Gasteiger partial charge is 0.302 e. The highest BCUT2D eigenvalue weighted by molar-refractivity contribution is 8.01. The van der Waals surface area contributed by atoms with Gasteiger partial charge in [-0.1, -0.05) is 23.1 Å². The summed E-state index contributed by atoms with van der Waals surface area (Å²) in [4.78, 5) is 19.3. The predicted octanol–water partition coefficient (Wildman–Crippen LogP) is 4.18. The Morgan fingerprint density at radius 1 is 1.50 bits per heavy atom. The SMILES string of the molecule is Cc1ccc([C@H]2C[C@H]2C(=O)Nc2nc(C)c(SCC#N)s2)s1. The molecule has 7 heteroatoms. The van der Waals surface area contributed by atoms with Crippen molar-refractivity contribution >= 4 is 45.5 Å². The Hall–Kier alpha value is -1.36. The molecule has 1 aliphatic carbocycles. The second-order valence-corrected chi connectivity index (χ2v) is 8.79. The third-order valence-corrected chi connectivity index (χ3v) is 6.94. The number of thiazole rings is 1. The van der Waals surface area contributed by atoms with E-state index in [2.05, 4.69) is 35.4 Å². The maximum absolute atomic E-state index is 12.3. The number of nitrogens with zero attached hydrogens (tertiary/aromatic N) is 2. The van der Waals surface area contributed by atoms with Crippen molar-refractivity contribution in [2.75, 3.05) is 11.1 Å². The lowest BCUT2D eigenvalue weighted by atomic mass is 10.2. The van der Waals surface area contributed by atoms with E-state index in [1.807, 2.05) is 6.92 Å². The highest BCUT2D eigenvalue weighted by Crippen LogP contribution is 2.50. The van der Waals surface area contributed by atoms with E-state index in [1.165, 1.54) is 32.9 Å². The van der Waals surface area contributed by atoms with E-state index >= 15 is 0 Å². The molecule has 2 aromatic rings. The Balaban J connectivity index is 1.60. The lowest BCUT2D eigenvalue weighted by Gasteiger charge is -1.99. The van der Waals surface area contributed by atoms with Gasteiger partial charge in [0.2, 0.25) is 5.91 Å². The van der Waals surface area contributed by atoms with Crippen LogP contribution in [0, 0.1) is 31.1 Å². The molecule has 1 N–H and O–H groups in total. The van der Waals surface area contributed by atoms with Crippen LogP contribution in [0.1, 0.15) is 27.8 Å². The Bertz CT molecular complexity index is 744. The number of hydrogen-bond donors (Lipinski definition) is 1. The highest BCUT2D eigenvalue weighted by Gasteiger charge is 2.44. The number of aryl methyl sites for hydroxylation is 2. The number of thiophene rings is 1. The molecule has 22 heavy (non-hydrogen) atoms. The highest BCUT2D eigenvalue weighted by atomic mass is 32.2. The summed E-state index contributed by atoms with van der Waals surface area (Å²) in [5, 5.41) is 12.2. The number of carbonyl (C=O) groups is 1. The Labute approximate surface area is 141 Å². The smallest absolute Gasteiger partial charge is 0.229 e. The van der Waals surface area contributed by atoms with E-state index in [1.54, 1.807) is 11.3 Å². The molecular formula is C15H15N3OS3. The molecule has 4 nitrogen and oxygen atoms in total. The number of aromatic nitrogens is 1. The maximum atomic E-state index is 12.3. The number of rotatable bonds is 5. The van der Waals surface area contributed by atoms with E-state index in [-0.39, 0.29) is 11.8 Å². The average Bonchev–Trinajstić information content (AvgIpc) is 3.06. The van der Waals surface area contributed by atoms with Gasteiger partial charge in [0.15, 0.2) is 5.13 Å². The number of thioether (sulfide) groups is 1. The van der Waals surface area contributed by atoms with Gasteiger partial charge in [-0.15, -0.1) is 11.3 Å². The Morgan fingerprint density at radius 3 is 3.00 bits per heavy atom. The molecule has 0 saturated heterocycles. The molecule has 0 radical (unpaired) electrons. The zero-order valence-electron chi connectivity index (χ0n) is 12.3. The van der Waals surface area contributed by atoms with Crippen LogP contribution < -0.4 is 5.32 Å². The molecule has 0 unspecified atom stereocenters. The van der Waals surface area contributed by atoms with Crippen molar-refractivity contribution in [2.24, 2.45) is 5.92 Å². The third kappa shape index (κ3) is 3.35. The maximum Gasteiger partial charge on any atom is 0.229 e. The number of carbonyl (C=O) groups excluding carboxylic acids is 1. The van der Waals surface area contributed by atoms with E-state index in [4.69, 9.17) is 5.26 Å². The summed E-state index contributed by atoms with van der Waals surface area (Å²) < 4.78 is 0.998. The molecule has 114 valence electrons. The molecule has 2 atom stereocenters. The quantitative estimate of drug-likeness (QED) is 0.822. The summed E-state index contributed by atoms with van der Waals surface area (Å²) in [6.45, 7) is 3.99. The molecule has 1 saturated carbocycles. The molecule has 2 aromatic heterocycles. The minimum Gasteiger partial charge on any atom is -0.302 e. The van der Waals surface area contributed by atoms with E-state index in [9.17, 15) is 4.79 Å². The van der Waals surface area contributed by atoms with Crippen LogP contribution in [0.3, 0.4) is 0 Å². The van der Waals surface area contributed by atoms with Crippen molar-refractivity contribution in [3.8, 4) is 6.07 Å². The fraction of sp³-hybridized carbons (Fsp3) is 0.400. The van der Waals surface area contributed by atoms with E-state index < -0.39 is 0 Å². The van der Waals surface area contributed by atoms with Crippen molar-refractivity contribution in [2.45, 2.75) is 30.4 Å². The van der Waals surface area contributed by atoms with Gasteiger partial charge in [0.05, 0.1) is 21.7 Å². The number of nitriles is 1. The standard InChI is InChI=1S/C15H15N3OS3/c1-8-3-4-12(21-8)10-7-11(10)13(19)18-15-17-9(2)14(22-15)20-6-5-16/h3-4,10-11H,6-7H2,1-2H3,(H,17,18,19)/t10-,11+/m0/s1. The second-order valence-electron chi connectivity index (χ2n) is 5.23. The number of amides is 1. The molecule has 1 aliphatic rings. The van der Waals surface area contributed by atoms with Crippen LogP contribution in [-0.4, -0.2) is 16.6 Å². The topological polar surface area (TPSA) is 65.8 Å². The monoisotopic (exact) mass is 349 g/mol. The second kappa shape index (κ2) is 6.41. The first-order valence-corrected chi connectivity index (χ1v) is 9.54. The van der Waals surface area contributed by atoms with Crippen molar-refractivity contribution in [1.29, 1.82) is 5.26 Å². The first-order chi connectivity index (χ1) is 10.6. The zero-order chi connectivity index (χ0) is 15.7. The molecule has 0 aromatic carbocycles. The number of hydrogen-bond acceptors (Lipinski definition) is 6. The Kier molecular flexibility index (Phi) is 4.52. The van der Waals surface area contributed by atoms with Crippen molar-refractivity contribution < 1.29 is 4.79 Å². The summed E-state index contributed by atoms with van der Waals surface area (Å²) in [7, 11) is 0.